The van der Waals surface area contributed by atoms with Crippen molar-refractivity contribution >= 4 is 27.8 Å². The SMILES string of the molecule is CCNC(=NCc1cc(F)cc(Br)c1)NCC1(C(=O)N(C)C)CCCC1. The molecule has 0 aliphatic heterocycles. The zero-order chi connectivity index (χ0) is 19.2. The zero-order valence-corrected chi connectivity index (χ0v) is 17.3. The fourth-order valence-electron chi connectivity index (χ4n) is 3.46. The van der Waals surface area contributed by atoms with Gasteiger partial charge in [-0.3, -0.25) is 4.79 Å². The monoisotopic (exact) mass is 426 g/mol. The maximum absolute atomic E-state index is 13.5. The Kier molecular flexibility index (Phi) is 7.43. The summed E-state index contributed by atoms with van der Waals surface area (Å²) >= 11 is 3.30. The Hall–Kier alpha value is -1.63. The molecule has 1 saturated carbocycles. The molecular formula is C19H28BrFN4O. The largest absolute Gasteiger partial charge is 0.357 e. The Morgan fingerprint density at radius 3 is 2.54 bits per heavy atom. The number of rotatable bonds is 6. The Morgan fingerprint density at radius 2 is 1.96 bits per heavy atom. The second-order valence-corrected chi connectivity index (χ2v) is 7.93. The third kappa shape index (κ3) is 5.43. The molecule has 144 valence electrons. The maximum atomic E-state index is 13.5. The molecule has 0 bridgehead atoms. The maximum Gasteiger partial charge on any atom is 0.230 e. The highest BCUT2D eigenvalue weighted by atomic mass is 79.9. The Bertz CT molecular complexity index is 637. The Labute approximate surface area is 163 Å². The van der Waals surface area contributed by atoms with Crippen LogP contribution in [-0.4, -0.2) is 44.0 Å². The van der Waals surface area contributed by atoms with E-state index in [-0.39, 0.29) is 17.1 Å². The molecule has 5 nitrogen and oxygen atoms in total. The van der Waals surface area contributed by atoms with Crippen molar-refractivity contribution in [3.8, 4) is 0 Å². The number of nitrogens with one attached hydrogen (secondary N) is 2. The summed E-state index contributed by atoms with van der Waals surface area (Å²) in [7, 11) is 3.62. The highest BCUT2D eigenvalue weighted by Gasteiger charge is 2.42. The van der Waals surface area contributed by atoms with E-state index in [0.717, 1.165) is 31.2 Å². The molecule has 1 aromatic rings. The molecular weight excluding hydrogens is 399 g/mol. The molecule has 0 saturated heterocycles. The van der Waals surface area contributed by atoms with Crippen LogP contribution in [0.2, 0.25) is 0 Å². The molecule has 26 heavy (non-hydrogen) atoms. The van der Waals surface area contributed by atoms with E-state index >= 15 is 0 Å². The molecule has 0 heterocycles. The summed E-state index contributed by atoms with van der Waals surface area (Å²) in [5.41, 5.74) is 0.427. The number of amides is 1. The van der Waals surface area contributed by atoms with Crippen molar-refractivity contribution in [1.29, 1.82) is 0 Å². The fourth-order valence-corrected chi connectivity index (χ4v) is 3.97. The van der Waals surface area contributed by atoms with E-state index in [0.29, 0.717) is 30.1 Å². The van der Waals surface area contributed by atoms with Gasteiger partial charge in [0.25, 0.3) is 0 Å². The van der Waals surface area contributed by atoms with Crippen molar-refractivity contribution in [3.63, 3.8) is 0 Å². The number of nitrogens with zero attached hydrogens (tertiary/aromatic N) is 2. The quantitative estimate of drug-likeness (QED) is 0.541. The predicted octanol–water partition coefficient (Wildman–Crippen LogP) is 3.29. The molecule has 2 rings (SSSR count). The Morgan fingerprint density at radius 1 is 1.27 bits per heavy atom. The minimum absolute atomic E-state index is 0.174. The summed E-state index contributed by atoms with van der Waals surface area (Å²) in [6.07, 6.45) is 3.94. The number of hydrogen-bond donors (Lipinski definition) is 2. The predicted molar refractivity (Wildman–Crippen MR) is 107 cm³/mol. The van der Waals surface area contributed by atoms with Crippen LogP contribution in [0.3, 0.4) is 0 Å². The van der Waals surface area contributed by atoms with E-state index in [4.69, 9.17) is 0 Å². The lowest BCUT2D eigenvalue weighted by Crippen LogP contribution is -2.49. The zero-order valence-electron chi connectivity index (χ0n) is 15.7. The average molecular weight is 427 g/mol. The van der Waals surface area contributed by atoms with Gasteiger partial charge in [0.05, 0.1) is 12.0 Å². The number of benzene rings is 1. The fraction of sp³-hybridized carbons (Fsp3) is 0.579. The molecule has 0 atom stereocenters. The molecule has 7 heteroatoms. The summed E-state index contributed by atoms with van der Waals surface area (Å²) in [4.78, 5) is 18.9. The van der Waals surface area contributed by atoms with Crippen molar-refractivity contribution < 1.29 is 9.18 Å². The van der Waals surface area contributed by atoms with Gasteiger partial charge in [-0.1, -0.05) is 28.8 Å². The second kappa shape index (κ2) is 9.35. The molecule has 1 aliphatic rings. The summed E-state index contributed by atoms with van der Waals surface area (Å²) in [6, 6.07) is 4.75. The molecule has 1 aromatic carbocycles. The van der Waals surface area contributed by atoms with E-state index in [2.05, 4.69) is 31.6 Å². The van der Waals surface area contributed by atoms with Gasteiger partial charge >= 0.3 is 0 Å². The van der Waals surface area contributed by atoms with Crippen molar-refractivity contribution in [3.05, 3.63) is 34.1 Å². The van der Waals surface area contributed by atoms with Crippen LogP contribution in [-0.2, 0) is 11.3 Å². The highest BCUT2D eigenvalue weighted by Crippen LogP contribution is 2.38. The minimum Gasteiger partial charge on any atom is -0.357 e. The van der Waals surface area contributed by atoms with Crippen LogP contribution in [0, 0.1) is 11.2 Å². The van der Waals surface area contributed by atoms with E-state index in [1.807, 2.05) is 27.1 Å². The van der Waals surface area contributed by atoms with Gasteiger partial charge in [-0.05, 0) is 43.5 Å². The van der Waals surface area contributed by atoms with Gasteiger partial charge in [-0.2, -0.15) is 0 Å². The smallest absolute Gasteiger partial charge is 0.230 e. The van der Waals surface area contributed by atoms with Gasteiger partial charge in [-0.25, -0.2) is 9.38 Å². The van der Waals surface area contributed by atoms with Gasteiger partial charge in [-0.15, -0.1) is 0 Å². The van der Waals surface area contributed by atoms with Crippen LogP contribution >= 0.6 is 15.9 Å². The topological polar surface area (TPSA) is 56.7 Å². The van der Waals surface area contributed by atoms with E-state index in [1.54, 1.807) is 4.90 Å². The van der Waals surface area contributed by atoms with E-state index < -0.39 is 0 Å². The summed E-state index contributed by atoms with van der Waals surface area (Å²) in [6.45, 7) is 3.63. The van der Waals surface area contributed by atoms with Gasteiger partial charge in [0.1, 0.15) is 5.82 Å². The molecule has 0 spiro atoms. The van der Waals surface area contributed by atoms with Gasteiger partial charge < -0.3 is 15.5 Å². The number of hydrogen-bond acceptors (Lipinski definition) is 2. The molecule has 0 aromatic heterocycles. The van der Waals surface area contributed by atoms with Crippen molar-refractivity contribution in [2.45, 2.75) is 39.2 Å². The summed E-state index contributed by atoms with van der Waals surface area (Å²) < 4.78 is 14.2. The normalized spacial score (nSPS) is 16.4. The highest BCUT2D eigenvalue weighted by molar-refractivity contribution is 9.10. The third-order valence-electron chi connectivity index (χ3n) is 4.70. The number of carbonyl (C=O) groups is 1. The van der Waals surface area contributed by atoms with Crippen molar-refractivity contribution in [1.82, 2.24) is 15.5 Å². The average Bonchev–Trinajstić information content (AvgIpc) is 3.06. The lowest BCUT2D eigenvalue weighted by atomic mass is 9.84. The lowest BCUT2D eigenvalue weighted by molar-refractivity contribution is -0.138. The molecule has 1 aliphatic carbocycles. The van der Waals surface area contributed by atoms with Crippen LogP contribution in [0.5, 0.6) is 0 Å². The molecule has 2 N–H and O–H groups in total. The summed E-state index contributed by atoms with van der Waals surface area (Å²) in [5.74, 6) is 0.530. The van der Waals surface area contributed by atoms with Crippen molar-refractivity contribution in [2.24, 2.45) is 10.4 Å². The lowest BCUT2D eigenvalue weighted by Gasteiger charge is -2.31. The standard InChI is InChI=1S/C19H28BrFN4O/c1-4-22-18(23-12-14-9-15(20)11-16(21)10-14)24-13-19(7-5-6-8-19)17(26)25(2)3/h9-11H,4-8,12-13H2,1-3H3,(H2,22,23,24). The number of halogens is 2. The van der Waals surface area contributed by atoms with Crippen LogP contribution in [0.1, 0.15) is 38.2 Å². The van der Waals surface area contributed by atoms with Crippen LogP contribution < -0.4 is 10.6 Å². The third-order valence-corrected chi connectivity index (χ3v) is 5.16. The van der Waals surface area contributed by atoms with Crippen molar-refractivity contribution in [2.75, 3.05) is 27.2 Å². The molecule has 1 fully saturated rings. The van der Waals surface area contributed by atoms with Gasteiger partial charge in [0, 0.05) is 31.7 Å². The first-order valence-electron chi connectivity index (χ1n) is 9.05. The number of guanidine groups is 1. The first kappa shape index (κ1) is 20.7. The van der Waals surface area contributed by atoms with E-state index in [1.165, 1.54) is 12.1 Å². The number of carbonyl (C=O) groups excluding carboxylic acids is 1. The first-order valence-corrected chi connectivity index (χ1v) is 9.84. The number of aliphatic imine (C=N–C) groups is 1. The molecule has 0 unspecified atom stereocenters. The minimum atomic E-state index is -0.360. The first-order chi connectivity index (χ1) is 12.4. The van der Waals surface area contributed by atoms with Gasteiger partial charge in [0.15, 0.2) is 5.96 Å². The molecule has 0 radical (unpaired) electrons. The van der Waals surface area contributed by atoms with Crippen LogP contribution in [0.15, 0.2) is 27.7 Å². The van der Waals surface area contributed by atoms with Gasteiger partial charge in [0.2, 0.25) is 5.91 Å². The second-order valence-electron chi connectivity index (χ2n) is 7.01. The Balaban J connectivity index is 2.07. The molecule has 1 amide bonds. The van der Waals surface area contributed by atoms with Crippen LogP contribution in [0.4, 0.5) is 4.39 Å². The van der Waals surface area contributed by atoms with E-state index in [9.17, 15) is 9.18 Å². The summed E-state index contributed by atoms with van der Waals surface area (Å²) in [5, 5.41) is 6.52. The van der Waals surface area contributed by atoms with Crippen LogP contribution in [0.25, 0.3) is 0 Å².